The highest BCUT2D eigenvalue weighted by atomic mass is 16.4. The number of rotatable bonds is 3. The van der Waals surface area contributed by atoms with E-state index in [4.69, 9.17) is 0 Å². The lowest BCUT2D eigenvalue weighted by Gasteiger charge is -2.31. The molecule has 2 aliphatic carbocycles. The lowest BCUT2D eigenvalue weighted by atomic mass is 9.71. The van der Waals surface area contributed by atoms with Gasteiger partial charge in [-0.1, -0.05) is 30.3 Å². The summed E-state index contributed by atoms with van der Waals surface area (Å²) in [6, 6.07) is 9.86. The zero-order valence-corrected chi connectivity index (χ0v) is 10.4. The molecule has 2 N–H and O–H groups in total. The van der Waals surface area contributed by atoms with Crippen LogP contribution in [0.2, 0.25) is 0 Å². The van der Waals surface area contributed by atoms with E-state index in [2.05, 4.69) is 0 Å². The first-order valence-electron chi connectivity index (χ1n) is 6.60. The van der Waals surface area contributed by atoms with Crippen LogP contribution in [0.25, 0.3) is 0 Å². The Hall–Kier alpha value is -1.84. The molecule has 3 rings (SSSR count). The quantitative estimate of drug-likeness (QED) is 0.873. The average Bonchev–Trinajstić information content (AvgIpc) is 2.96. The molecule has 0 aromatic heterocycles. The topological polar surface area (TPSA) is 74.6 Å². The highest BCUT2D eigenvalue weighted by Gasteiger charge is 2.58. The zero-order chi connectivity index (χ0) is 13.6. The fourth-order valence-electron chi connectivity index (χ4n) is 4.14. The molecule has 1 aromatic rings. The standard InChI is InChI=1S/C15H16O4/c16-14(17)12-9-6-10(8-4-2-1-3-5-8)11(7-9)13(12)15(18)19/h1-5,9-13H,6-7H2,(H,16,17)(H,18,19)/t9-,10-,11-,12-,13-/m0/s1. The van der Waals surface area contributed by atoms with Crippen LogP contribution in [0.1, 0.15) is 24.3 Å². The fourth-order valence-corrected chi connectivity index (χ4v) is 4.14. The number of aliphatic carboxylic acids is 2. The van der Waals surface area contributed by atoms with E-state index < -0.39 is 23.8 Å². The second-order valence-electron chi connectivity index (χ2n) is 5.64. The summed E-state index contributed by atoms with van der Waals surface area (Å²) in [6.45, 7) is 0. The maximum absolute atomic E-state index is 11.4. The summed E-state index contributed by atoms with van der Waals surface area (Å²) in [4.78, 5) is 22.7. The largest absolute Gasteiger partial charge is 0.481 e. The van der Waals surface area contributed by atoms with E-state index >= 15 is 0 Å². The van der Waals surface area contributed by atoms with Crippen molar-refractivity contribution in [3.63, 3.8) is 0 Å². The number of fused-ring (bicyclic) bond motifs is 2. The van der Waals surface area contributed by atoms with E-state index in [1.165, 1.54) is 0 Å². The number of benzene rings is 1. The molecule has 0 saturated heterocycles. The van der Waals surface area contributed by atoms with Crippen molar-refractivity contribution in [2.24, 2.45) is 23.7 Å². The van der Waals surface area contributed by atoms with Gasteiger partial charge < -0.3 is 10.2 Å². The molecule has 4 heteroatoms. The summed E-state index contributed by atoms with van der Waals surface area (Å²) >= 11 is 0. The highest BCUT2D eigenvalue weighted by molar-refractivity contribution is 5.82. The highest BCUT2D eigenvalue weighted by Crippen LogP contribution is 2.58. The molecular weight excluding hydrogens is 244 g/mol. The summed E-state index contributed by atoms with van der Waals surface area (Å²) < 4.78 is 0. The number of hydrogen-bond acceptors (Lipinski definition) is 2. The molecule has 5 atom stereocenters. The second-order valence-corrected chi connectivity index (χ2v) is 5.64. The Morgan fingerprint density at radius 3 is 2.16 bits per heavy atom. The first-order valence-corrected chi connectivity index (χ1v) is 6.60. The summed E-state index contributed by atoms with van der Waals surface area (Å²) in [7, 11) is 0. The average molecular weight is 260 g/mol. The molecule has 0 amide bonds. The number of carboxylic acids is 2. The van der Waals surface area contributed by atoms with Crippen LogP contribution < -0.4 is 0 Å². The molecule has 2 fully saturated rings. The molecule has 2 bridgehead atoms. The molecule has 2 aliphatic rings. The van der Waals surface area contributed by atoms with Crippen molar-refractivity contribution in [1.82, 2.24) is 0 Å². The summed E-state index contributed by atoms with van der Waals surface area (Å²) in [5, 5.41) is 18.6. The van der Waals surface area contributed by atoms with Gasteiger partial charge in [0.25, 0.3) is 0 Å². The van der Waals surface area contributed by atoms with Crippen LogP contribution in [0, 0.1) is 23.7 Å². The van der Waals surface area contributed by atoms with Gasteiger partial charge >= 0.3 is 11.9 Å². The molecule has 0 spiro atoms. The molecule has 2 saturated carbocycles. The van der Waals surface area contributed by atoms with Crippen LogP contribution in [-0.2, 0) is 9.59 Å². The van der Waals surface area contributed by atoms with E-state index in [1.807, 2.05) is 30.3 Å². The Bertz CT molecular complexity index is 510. The third-order valence-corrected chi connectivity index (χ3v) is 4.80. The SMILES string of the molecule is O=C(O)[C@H]1[C@@H]2C[C@H]([C@@H]1C(=O)O)[C@H](c1ccccc1)C2. The Morgan fingerprint density at radius 1 is 0.947 bits per heavy atom. The van der Waals surface area contributed by atoms with Crippen molar-refractivity contribution < 1.29 is 19.8 Å². The van der Waals surface area contributed by atoms with Crippen LogP contribution in [0.4, 0.5) is 0 Å². The van der Waals surface area contributed by atoms with Gasteiger partial charge in [0.2, 0.25) is 0 Å². The van der Waals surface area contributed by atoms with E-state index in [0.717, 1.165) is 18.4 Å². The third kappa shape index (κ3) is 1.82. The van der Waals surface area contributed by atoms with Gasteiger partial charge in [-0.25, -0.2) is 0 Å². The molecule has 0 unspecified atom stereocenters. The third-order valence-electron chi connectivity index (χ3n) is 4.80. The first-order chi connectivity index (χ1) is 9.09. The van der Waals surface area contributed by atoms with Crippen LogP contribution in [0.3, 0.4) is 0 Å². The molecule has 0 heterocycles. The normalized spacial score (nSPS) is 36.3. The molecule has 0 radical (unpaired) electrons. The zero-order valence-electron chi connectivity index (χ0n) is 10.4. The van der Waals surface area contributed by atoms with Gasteiger partial charge in [0.05, 0.1) is 11.8 Å². The second kappa shape index (κ2) is 4.37. The minimum Gasteiger partial charge on any atom is -0.481 e. The van der Waals surface area contributed by atoms with Crippen LogP contribution in [0.15, 0.2) is 30.3 Å². The minimum absolute atomic E-state index is 0.00815. The summed E-state index contributed by atoms with van der Waals surface area (Å²) in [5.41, 5.74) is 1.14. The Kier molecular flexibility index (Phi) is 2.81. The van der Waals surface area contributed by atoms with Crippen molar-refractivity contribution in [3.05, 3.63) is 35.9 Å². The van der Waals surface area contributed by atoms with Gasteiger partial charge in [-0.3, -0.25) is 9.59 Å². The number of carboxylic acid groups (broad SMARTS) is 2. The Morgan fingerprint density at radius 2 is 1.58 bits per heavy atom. The van der Waals surface area contributed by atoms with Crippen molar-refractivity contribution >= 4 is 11.9 Å². The molecule has 100 valence electrons. The predicted octanol–water partition coefficient (Wildman–Crippen LogP) is 2.21. The fraction of sp³-hybridized carbons (Fsp3) is 0.467. The van der Waals surface area contributed by atoms with Gasteiger partial charge in [-0.2, -0.15) is 0 Å². The number of hydrogen-bond donors (Lipinski definition) is 2. The van der Waals surface area contributed by atoms with Crippen LogP contribution in [-0.4, -0.2) is 22.2 Å². The molecule has 1 aromatic carbocycles. The molecular formula is C15H16O4. The van der Waals surface area contributed by atoms with Gasteiger partial charge in [-0.05, 0) is 36.2 Å². The smallest absolute Gasteiger partial charge is 0.307 e. The maximum atomic E-state index is 11.4. The van der Waals surface area contributed by atoms with Crippen LogP contribution >= 0.6 is 0 Å². The Labute approximate surface area is 111 Å². The van der Waals surface area contributed by atoms with Gasteiger partial charge in [0.1, 0.15) is 0 Å². The monoisotopic (exact) mass is 260 g/mol. The van der Waals surface area contributed by atoms with E-state index in [1.54, 1.807) is 0 Å². The van der Waals surface area contributed by atoms with Gasteiger partial charge in [-0.15, -0.1) is 0 Å². The van der Waals surface area contributed by atoms with Crippen molar-refractivity contribution in [3.8, 4) is 0 Å². The lowest BCUT2D eigenvalue weighted by molar-refractivity contribution is -0.156. The predicted molar refractivity (Wildman–Crippen MR) is 67.6 cm³/mol. The Balaban J connectivity index is 1.92. The summed E-state index contributed by atoms with van der Waals surface area (Å²) in [6.07, 6.45) is 1.53. The molecule has 4 nitrogen and oxygen atoms in total. The number of carbonyl (C=O) groups is 2. The lowest BCUT2D eigenvalue weighted by Crippen LogP contribution is -2.37. The molecule has 19 heavy (non-hydrogen) atoms. The van der Waals surface area contributed by atoms with Crippen molar-refractivity contribution in [1.29, 1.82) is 0 Å². The van der Waals surface area contributed by atoms with Crippen molar-refractivity contribution in [2.75, 3.05) is 0 Å². The molecule has 0 aliphatic heterocycles. The van der Waals surface area contributed by atoms with E-state index in [-0.39, 0.29) is 17.8 Å². The minimum atomic E-state index is -0.958. The van der Waals surface area contributed by atoms with Gasteiger partial charge in [0.15, 0.2) is 0 Å². The van der Waals surface area contributed by atoms with Gasteiger partial charge in [0, 0.05) is 0 Å². The maximum Gasteiger partial charge on any atom is 0.307 e. The van der Waals surface area contributed by atoms with E-state index in [9.17, 15) is 19.8 Å². The van der Waals surface area contributed by atoms with Crippen molar-refractivity contribution in [2.45, 2.75) is 18.8 Å². The van der Waals surface area contributed by atoms with E-state index in [0.29, 0.717) is 0 Å². The van der Waals surface area contributed by atoms with Crippen LogP contribution in [0.5, 0.6) is 0 Å². The first kappa shape index (κ1) is 12.2. The summed E-state index contributed by atoms with van der Waals surface area (Å²) in [5.74, 6) is -3.18.